The van der Waals surface area contributed by atoms with Crippen LogP contribution < -0.4 is 10.7 Å². The predicted molar refractivity (Wildman–Crippen MR) is 37.4 cm³/mol. The van der Waals surface area contributed by atoms with Crippen LogP contribution in [0.15, 0.2) is 12.1 Å². The molecule has 1 heterocycles. The molecule has 0 unspecified atom stereocenters. The van der Waals surface area contributed by atoms with E-state index in [-0.39, 0.29) is 0 Å². The molecule has 3 N–H and O–H groups in total. The van der Waals surface area contributed by atoms with Crippen molar-refractivity contribution < 1.29 is 4.98 Å². The summed E-state index contributed by atoms with van der Waals surface area (Å²) in [5.74, 6) is 0. The molecule has 0 fully saturated rings. The van der Waals surface area contributed by atoms with Gasteiger partial charge in [-0.1, -0.05) is 0 Å². The Hall–Kier alpha value is -0.470. The van der Waals surface area contributed by atoms with Crippen LogP contribution >= 0.6 is 23.2 Å². The van der Waals surface area contributed by atoms with Gasteiger partial charge in [0.2, 0.25) is 0 Å². The summed E-state index contributed by atoms with van der Waals surface area (Å²) in [6.07, 6.45) is 0. The Bertz CT molecular complexity index is 174. The lowest BCUT2D eigenvalue weighted by molar-refractivity contribution is -0.372. The van der Waals surface area contributed by atoms with Crippen molar-refractivity contribution in [3.63, 3.8) is 0 Å². The van der Waals surface area contributed by atoms with Crippen molar-refractivity contribution in [2.24, 2.45) is 0 Å². The van der Waals surface area contributed by atoms with Gasteiger partial charge in [0.05, 0.1) is 0 Å². The molecule has 1 aromatic heterocycles. The summed E-state index contributed by atoms with van der Waals surface area (Å²) >= 11 is 11.1. The van der Waals surface area contributed by atoms with Gasteiger partial charge < -0.3 is 5.73 Å². The quantitative estimate of drug-likeness (QED) is 0.578. The maximum Gasteiger partial charge on any atom is 0.276 e. The molecule has 2 nitrogen and oxygen atoms in total. The van der Waals surface area contributed by atoms with Crippen molar-refractivity contribution >= 4 is 28.9 Å². The average Bonchev–Trinajstić information content (AvgIpc) is 1.59. The minimum atomic E-state index is 0.444. The number of aromatic amines is 1. The number of H-pyrrole nitrogens is 1. The standard InChI is InChI=1S/C5H4Cl2N2/c6-4-1-3(8)2-5(7)9-4/h1-2H,(H2,8,9)/p+1. The molecule has 0 saturated heterocycles. The number of nitrogen functional groups attached to an aromatic ring is 1. The molecule has 1 aromatic rings. The smallest absolute Gasteiger partial charge is 0.276 e. The van der Waals surface area contributed by atoms with Gasteiger partial charge in [-0.3, -0.25) is 0 Å². The van der Waals surface area contributed by atoms with Crippen molar-refractivity contribution in [1.29, 1.82) is 0 Å². The molecule has 0 radical (unpaired) electrons. The first-order chi connectivity index (χ1) is 4.18. The highest BCUT2D eigenvalue weighted by Gasteiger charge is 2.00. The fraction of sp³-hybridized carbons (Fsp3) is 0. The summed E-state index contributed by atoms with van der Waals surface area (Å²) in [4.78, 5) is 2.66. The number of aromatic nitrogens is 1. The van der Waals surface area contributed by atoms with E-state index >= 15 is 0 Å². The minimum absolute atomic E-state index is 0.444. The molecule has 1 rings (SSSR count). The highest BCUT2D eigenvalue weighted by molar-refractivity contribution is 6.30. The third kappa shape index (κ3) is 1.73. The zero-order valence-corrected chi connectivity index (χ0v) is 6.00. The van der Waals surface area contributed by atoms with Crippen molar-refractivity contribution in [3.05, 3.63) is 22.4 Å². The number of hydrogen-bond acceptors (Lipinski definition) is 1. The van der Waals surface area contributed by atoms with Gasteiger partial charge in [0, 0.05) is 17.8 Å². The summed E-state index contributed by atoms with van der Waals surface area (Å²) in [7, 11) is 0. The number of halogens is 2. The van der Waals surface area contributed by atoms with Crippen LogP contribution in [0.1, 0.15) is 0 Å². The predicted octanol–water partition coefficient (Wildman–Crippen LogP) is 1.39. The van der Waals surface area contributed by atoms with Gasteiger partial charge in [0.15, 0.2) is 0 Å². The number of nitrogens with two attached hydrogens (primary N) is 1. The third-order valence-corrected chi connectivity index (χ3v) is 1.23. The van der Waals surface area contributed by atoms with Crippen LogP contribution in [-0.4, -0.2) is 0 Å². The normalized spacial score (nSPS) is 9.56. The number of nitrogens with one attached hydrogen (secondary N) is 1. The van der Waals surface area contributed by atoms with Gasteiger partial charge >= 0.3 is 0 Å². The number of hydrogen-bond donors (Lipinski definition) is 1. The first kappa shape index (κ1) is 6.65. The van der Waals surface area contributed by atoms with Crippen LogP contribution in [0.25, 0.3) is 0 Å². The molecule has 0 aromatic carbocycles. The van der Waals surface area contributed by atoms with Crippen LogP contribution in [0.3, 0.4) is 0 Å². The van der Waals surface area contributed by atoms with E-state index in [1.807, 2.05) is 0 Å². The number of pyridine rings is 1. The van der Waals surface area contributed by atoms with Crippen LogP contribution in [0.2, 0.25) is 10.3 Å². The zero-order chi connectivity index (χ0) is 6.85. The van der Waals surface area contributed by atoms with Gasteiger partial charge in [0.1, 0.15) is 0 Å². The van der Waals surface area contributed by atoms with Gasteiger partial charge in [-0.2, -0.15) is 4.98 Å². The summed E-state index contributed by atoms with van der Waals surface area (Å²) in [5.41, 5.74) is 5.93. The Morgan fingerprint density at radius 2 is 1.67 bits per heavy atom. The van der Waals surface area contributed by atoms with Gasteiger partial charge in [-0.05, 0) is 23.2 Å². The SMILES string of the molecule is Nc1cc(Cl)[nH+]c(Cl)c1. The van der Waals surface area contributed by atoms with E-state index < -0.39 is 0 Å². The minimum Gasteiger partial charge on any atom is -0.398 e. The maximum absolute atomic E-state index is 5.53. The van der Waals surface area contributed by atoms with Crippen LogP contribution in [0, 0.1) is 0 Å². The second kappa shape index (κ2) is 2.42. The van der Waals surface area contributed by atoms with Crippen LogP contribution in [-0.2, 0) is 0 Å². The van der Waals surface area contributed by atoms with Gasteiger partial charge in [-0.25, -0.2) is 0 Å². The third-order valence-electron chi connectivity index (χ3n) is 0.826. The maximum atomic E-state index is 5.53. The summed E-state index contributed by atoms with van der Waals surface area (Å²) < 4.78 is 0. The lowest BCUT2D eigenvalue weighted by Crippen LogP contribution is -2.05. The number of rotatable bonds is 0. The topological polar surface area (TPSA) is 40.2 Å². The summed E-state index contributed by atoms with van der Waals surface area (Å²) in [5, 5.41) is 0.889. The monoisotopic (exact) mass is 163 g/mol. The molecule has 0 aliphatic rings. The van der Waals surface area contributed by atoms with Crippen molar-refractivity contribution in [3.8, 4) is 0 Å². The van der Waals surface area contributed by atoms with Crippen LogP contribution in [0.5, 0.6) is 0 Å². The Morgan fingerprint density at radius 3 is 2.00 bits per heavy atom. The van der Waals surface area contributed by atoms with Crippen LogP contribution in [0.4, 0.5) is 5.69 Å². The second-order valence-corrected chi connectivity index (χ2v) is 2.42. The van der Waals surface area contributed by atoms with E-state index in [0.29, 0.717) is 16.0 Å². The number of anilines is 1. The largest absolute Gasteiger partial charge is 0.398 e. The first-order valence-corrected chi connectivity index (χ1v) is 3.08. The zero-order valence-electron chi connectivity index (χ0n) is 4.49. The Balaban J connectivity index is 3.17. The Labute approximate surface area is 62.6 Å². The molecular formula is C5H5Cl2N2+. The molecule has 0 amide bonds. The molecule has 9 heavy (non-hydrogen) atoms. The molecule has 0 aliphatic heterocycles. The fourth-order valence-corrected chi connectivity index (χ4v) is 1.02. The Kier molecular flexibility index (Phi) is 1.78. The Morgan fingerprint density at radius 1 is 1.22 bits per heavy atom. The van der Waals surface area contributed by atoms with Crippen molar-refractivity contribution in [2.45, 2.75) is 0 Å². The van der Waals surface area contributed by atoms with E-state index in [4.69, 9.17) is 28.9 Å². The van der Waals surface area contributed by atoms with Crippen molar-refractivity contribution in [2.75, 3.05) is 5.73 Å². The lowest BCUT2D eigenvalue weighted by Gasteiger charge is -1.86. The highest BCUT2D eigenvalue weighted by Crippen LogP contribution is 2.10. The second-order valence-electron chi connectivity index (χ2n) is 1.61. The molecule has 0 bridgehead atoms. The molecule has 0 atom stereocenters. The molecule has 0 aliphatic carbocycles. The molecule has 0 spiro atoms. The van der Waals surface area contributed by atoms with Gasteiger partial charge in [0.25, 0.3) is 10.3 Å². The van der Waals surface area contributed by atoms with Gasteiger partial charge in [-0.15, -0.1) is 0 Å². The van der Waals surface area contributed by atoms with E-state index in [9.17, 15) is 0 Å². The van der Waals surface area contributed by atoms with E-state index in [0.717, 1.165) is 0 Å². The molecule has 4 heteroatoms. The summed E-state index contributed by atoms with van der Waals surface area (Å²) in [6.45, 7) is 0. The molecular weight excluding hydrogens is 159 g/mol. The van der Waals surface area contributed by atoms with E-state index in [1.165, 1.54) is 0 Å². The van der Waals surface area contributed by atoms with E-state index in [2.05, 4.69) is 4.98 Å². The molecule has 48 valence electrons. The molecule has 0 saturated carbocycles. The average molecular weight is 164 g/mol. The fourth-order valence-electron chi connectivity index (χ4n) is 0.521. The van der Waals surface area contributed by atoms with E-state index in [1.54, 1.807) is 12.1 Å². The first-order valence-electron chi connectivity index (χ1n) is 2.32. The summed E-state index contributed by atoms with van der Waals surface area (Å²) in [6, 6.07) is 3.18. The highest BCUT2D eigenvalue weighted by atomic mass is 35.5. The lowest BCUT2D eigenvalue weighted by atomic mass is 10.4. The van der Waals surface area contributed by atoms with Crippen molar-refractivity contribution in [1.82, 2.24) is 0 Å².